The van der Waals surface area contributed by atoms with Crippen LogP contribution < -0.4 is 4.74 Å². The van der Waals surface area contributed by atoms with Crippen molar-refractivity contribution in [2.45, 2.75) is 32.6 Å². The van der Waals surface area contributed by atoms with Crippen molar-refractivity contribution in [3.05, 3.63) is 21.8 Å². The summed E-state index contributed by atoms with van der Waals surface area (Å²) >= 11 is 2.16. The molecule has 0 radical (unpaired) electrons. The van der Waals surface area contributed by atoms with Crippen LogP contribution in [-0.4, -0.2) is 11.7 Å². The zero-order valence-corrected chi connectivity index (χ0v) is 11.2. The summed E-state index contributed by atoms with van der Waals surface area (Å²) in [6.07, 6.45) is 4.73. The molecule has 0 amide bonds. The Morgan fingerprint density at radius 3 is 2.73 bits per heavy atom. The van der Waals surface area contributed by atoms with Gasteiger partial charge in [0.2, 0.25) is 0 Å². The van der Waals surface area contributed by atoms with Crippen LogP contribution in [0.2, 0.25) is 0 Å². The molecule has 0 saturated carbocycles. The van der Waals surface area contributed by atoms with Gasteiger partial charge in [-0.1, -0.05) is 26.2 Å². The lowest BCUT2D eigenvalue weighted by Crippen LogP contribution is -1.97. The highest BCUT2D eigenvalue weighted by Crippen LogP contribution is 2.27. The average molecular weight is 320 g/mol. The van der Waals surface area contributed by atoms with Crippen molar-refractivity contribution in [3.63, 3.8) is 0 Å². The number of aromatic hydroxyl groups is 1. The van der Waals surface area contributed by atoms with Crippen molar-refractivity contribution in [2.24, 2.45) is 0 Å². The van der Waals surface area contributed by atoms with Crippen LogP contribution in [0.3, 0.4) is 0 Å². The van der Waals surface area contributed by atoms with Crippen LogP contribution in [0.15, 0.2) is 18.2 Å². The normalized spacial score (nSPS) is 10.3. The third-order valence-electron chi connectivity index (χ3n) is 2.18. The fourth-order valence-corrected chi connectivity index (χ4v) is 1.80. The number of benzene rings is 1. The number of ether oxygens (including phenoxy) is 1. The van der Waals surface area contributed by atoms with Gasteiger partial charge in [-0.15, -0.1) is 0 Å². The quantitative estimate of drug-likeness (QED) is 0.635. The minimum absolute atomic E-state index is 0.234. The molecular weight excluding hydrogens is 303 g/mol. The number of hydrogen-bond donors (Lipinski definition) is 1. The summed E-state index contributed by atoms with van der Waals surface area (Å²) in [7, 11) is 0. The molecule has 0 saturated heterocycles. The van der Waals surface area contributed by atoms with Crippen LogP contribution in [-0.2, 0) is 0 Å². The Morgan fingerprint density at radius 1 is 1.27 bits per heavy atom. The van der Waals surface area contributed by atoms with E-state index in [1.165, 1.54) is 19.3 Å². The predicted octanol–water partition coefficient (Wildman–Crippen LogP) is 3.96. The van der Waals surface area contributed by atoms with Gasteiger partial charge in [-0.05, 0) is 47.2 Å². The standard InChI is InChI=1S/C12H17IO2/c1-2-3-4-5-8-15-12-7-6-10(13)9-11(12)14/h6-7,9,14H,2-5,8H2,1H3. The molecule has 1 N–H and O–H groups in total. The van der Waals surface area contributed by atoms with Crippen molar-refractivity contribution in [1.82, 2.24) is 0 Å². The van der Waals surface area contributed by atoms with E-state index in [1.807, 2.05) is 12.1 Å². The molecule has 0 heterocycles. The molecule has 84 valence electrons. The molecule has 15 heavy (non-hydrogen) atoms. The van der Waals surface area contributed by atoms with Crippen molar-refractivity contribution in [3.8, 4) is 11.5 Å². The lowest BCUT2D eigenvalue weighted by atomic mass is 10.2. The summed E-state index contributed by atoms with van der Waals surface area (Å²) < 4.78 is 6.50. The zero-order valence-electron chi connectivity index (χ0n) is 9.00. The van der Waals surface area contributed by atoms with E-state index in [9.17, 15) is 5.11 Å². The summed E-state index contributed by atoms with van der Waals surface area (Å²) in [6, 6.07) is 5.46. The smallest absolute Gasteiger partial charge is 0.160 e. The third kappa shape index (κ3) is 4.73. The molecular formula is C12H17IO2. The van der Waals surface area contributed by atoms with E-state index >= 15 is 0 Å². The molecule has 0 aromatic heterocycles. The lowest BCUT2D eigenvalue weighted by Gasteiger charge is -2.07. The molecule has 0 aliphatic rings. The van der Waals surface area contributed by atoms with Crippen LogP contribution in [0.4, 0.5) is 0 Å². The Labute approximate surface area is 105 Å². The molecule has 0 aliphatic heterocycles. The number of unbranched alkanes of at least 4 members (excludes halogenated alkanes) is 3. The van der Waals surface area contributed by atoms with Crippen molar-refractivity contribution < 1.29 is 9.84 Å². The molecule has 1 aromatic carbocycles. The van der Waals surface area contributed by atoms with Gasteiger partial charge in [-0.3, -0.25) is 0 Å². The number of halogens is 1. The number of phenols is 1. The van der Waals surface area contributed by atoms with E-state index in [0.717, 1.165) is 9.99 Å². The van der Waals surface area contributed by atoms with E-state index in [4.69, 9.17) is 4.74 Å². The highest BCUT2D eigenvalue weighted by Gasteiger charge is 2.01. The number of hydrogen-bond acceptors (Lipinski definition) is 2. The number of rotatable bonds is 6. The van der Waals surface area contributed by atoms with E-state index in [-0.39, 0.29) is 5.75 Å². The van der Waals surface area contributed by atoms with Crippen molar-refractivity contribution >= 4 is 22.6 Å². The summed E-state index contributed by atoms with van der Waals surface area (Å²) in [5.41, 5.74) is 0. The minimum atomic E-state index is 0.234. The highest BCUT2D eigenvalue weighted by atomic mass is 127. The summed E-state index contributed by atoms with van der Waals surface area (Å²) in [6.45, 7) is 2.87. The van der Waals surface area contributed by atoms with Crippen LogP contribution >= 0.6 is 22.6 Å². The summed E-state index contributed by atoms with van der Waals surface area (Å²) in [5, 5.41) is 9.56. The van der Waals surface area contributed by atoms with Gasteiger partial charge in [0.25, 0.3) is 0 Å². The van der Waals surface area contributed by atoms with Gasteiger partial charge in [0, 0.05) is 3.57 Å². The molecule has 1 aromatic rings. The SMILES string of the molecule is CCCCCCOc1ccc(I)cc1O. The maximum Gasteiger partial charge on any atom is 0.160 e. The molecule has 0 fully saturated rings. The van der Waals surface area contributed by atoms with Gasteiger partial charge < -0.3 is 9.84 Å². The van der Waals surface area contributed by atoms with Gasteiger partial charge in [-0.25, -0.2) is 0 Å². The second kappa shape index (κ2) is 6.93. The van der Waals surface area contributed by atoms with E-state index in [0.29, 0.717) is 12.4 Å². The molecule has 2 nitrogen and oxygen atoms in total. The monoisotopic (exact) mass is 320 g/mol. The van der Waals surface area contributed by atoms with E-state index in [1.54, 1.807) is 6.07 Å². The van der Waals surface area contributed by atoms with Crippen LogP contribution in [0.25, 0.3) is 0 Å². The first-order valence-corrected chi connectivity index (χ1v) is 6.43. The third-order valence-corrected chi connectivity index (χ3v) is 2.85. The lowest BCUT2D eigenvalue weighted by molar-refractivity contribution is 0.289. The Balaban J connectivity index is 2.31. The first kappa shape index (κ1) is 12.6. The summed E-state index contributed by atoms with van der Waals surface area (Å²) in [5.74, 6) is 0.823. The fraction of sp³-hybridized carbons (Fsp3) is 0.500. The topological polar surface area (TPSA) is 29.5 Å². The zero-order chi connectivity index (χ0) is 11.1. The number of phenolic OH excluding ortho intramolecular Hbond substituents is 1. The predicted molar refractivity (Wildman–Crippen MR) is 70.5 cm³/mol. The van der Waals surface area contributed by atoms with E-state index in [2.05, 4.69) is 29.5 Å². The molecule has 0 unspecified atom stereocenters. The van der Waals surface area contributed by atoms with Crippen LogP contribution in [0, 0.1) is 3.57 Å². The van der Waals surface area contributed by atoms with Gasteiger partial charge in [0.05, 0.1) is 6.61 Å². The van der Waals surface area contributed by atoms with Gasteiger partial charge in [0.15, 0.2) is 11.5 Å². The van der Waals surface area contributed by atoms with Gasteiger partial charge in [-0.2, -0.15) is 0 Å². The Morgan fingerprint density at radius 2 is 2.07 bits per heavy atom. The van der Waals surface area contributed by atoms with Crippen molar-refractivity contribution in [2.75, 3.05) is 6.61 Å². The molecule has 1 rings (SSSR count). The average Bonchev–Trinajstić information content (AvgIpc) is 2.20. The molecule has 0 atom stereocenters. The summed E-state index contributed by atoms with van der Waals surface area (Å²) in [4.78, 5) is 0. The van der Waals surface area contributed by atoms with Crippen LogP contribution in [0.1, 0.15) is 32.6 Å². The largest absolute Gasteiger partial charge is 0.504 e. The second-order valence-corrected chi connectivity index (χ2v) is 4.77. The maximum atomic E-state index is 9.56. The minimum Gasteiger partial charge on any atom is -0.504 e. The Bertz CT molecular complexity index is 300. The molecule has 0 aliphatic carbocycles. The first-order chi connectivity index (χ1) is 7.24. The Hall–Kier alpha value is -0.450. The Kier molecular flexibility index (Phi) is 5.83. The molecule has 0 bridgehead atoms. The maximum absolute atomic E-state index is 9.56. The van der Waals surface area contributed by atoms with Gasteiger partial charge >= 0.3 is 0 Å². The van der Waals surface area contributed by atoms with Crippen LogP contribution in [0.5, 0.6) is 11.5 Å². The van der Waals surface area contributed by atoms with Crippen molar-refractivity contribution in [1.29, 1.82) is 0 Å². The van der Waals surface area contributed by atoms with E-state index < -0.39 is 0 Å². The second-order valence-electron chi connectivity index (χ2n) is 3.52. The fourth-order valence-electron chi connectivity index (χ4n) is 1.32. The molecule has 0 spiro atoms. The molecule has 3 heteroatoms. The van der Waals surface area contributed by atoms with Gasteiger partial charge in [0.1, 0.15) is 0 Å². The highest BCUT2D eigenvalue weighted by molar-refractivity contribution is 14.1. The first-order valence-electron chi connectivity index (χ1n) is 5.35.